The fraction of sp³-hybridized carbons (Fsp3) is 0.238. The molecule has 0 unspecified atom stereocenters. The molecular weight excluding hydrogens is 394 g/mol. The average molecular weight is 412 g/mol. The number of anilines is 1. The highest BCUT2D eigenvalue weighted by atomic mass is 35.5. The third-order valence-corrected chi connectivity index (χ3v) is 6.74. The van der Waals surface area contributed by atoms with E-state index in [1.807, 2.05) is 54.3 Å². The number of amides is 1. The van der Waals surface area contributed by atoms with Crippen LogP contribution in [-0.2, 0) is 0 Å². The van der Waals surface area contributed by atoms with Crippen LogP contribution >= 0.6 is 22.9 Å². The topological polar surface area (TPSA) is 49.6 Å². The number of carbonyl (C=O) groups is 1. The zero-order valence-corrected chi connectivity index (χ0v) is 16.9. The first kappa shape index (κ1) is 17.5. The van der Waals surface area contributed by atoms with Crippen LogP contribution < -0.4 is 4.90 Å². The summed E-state index contributed by atoms with van der Waals surface area (Å²) in [6.45, 7) is 4.80. The van der Waals surface area contributed by atoms with Crippen molar-refractivity contribution < 1.29 is 9.21 Å². The number of rotatable bonds is 2. The normalized spacial score (nSPS) is 14.9. The molecule has 0 N–H and O–H groups in total. The Morgan fingerprint density at radius 1 is 1.14 bits per heavy atom. The zero-order chi connectivity index (χ0) is 19.3. The number of aryl methyl sites for hydroxylation is 1. The first-order valence-corrected chi connectivity index (χ1v) is 10.4. The predicted molar refractivity (Wildman–Crippen MR) is 114 cm³/mol. The van der Waals surface area contributed by atoms with E-state index in [1.54, 1.807) is 11.3 Å². The molecule has 0 spiro atoms. The summed E-state index contributed by atoms with van der Waals surface area (Å²) in [6, 6.07) is 13.4. The molecule has 0 atom stereocenters. The lowest BCUT2D eigenvalue weighted by molar-refractivity contribution is 0.0717. The third-order valence-electron chi connectivity index (χ3n) is 5.16. The number of furan rings is 1. The summed E-state index contributed by atoms with van der Waals surface area (Å²) < 4.78 is 6.76. The largest absolute Gasteiger partial charge is 0.451 e. The number of piperazine rings is 1. The van der Waals surface area contributed by atoms with E-state index in [9.17, 15) is 4.79 Å². The Morgan fingerprint density at radius 2 is 1.93 bits per heavy atom. The van der Waals surface area contributed by atoms with Gasteiger partial charge in [0.15, 0.2) is 10.9 Å². The molecule has 0 aliphatic carbocycles. The summed E-state index contributed by atoms with van der Waals surface area (Å²) in [5.74, 6) is 0.344. The molecule has 4 aromatic rings. The minimum Gasteiger partial charge on any atom is -0.451 e. The van der Waals surface area contributed by atoms with E-state index >= 15 is 0 Å². The molecule has 7 heteroatoms. The van der Waals surface area contributed by atoms with Gasteiger partial charge in [0.1, 0.15) is 5.58 Å². The summed E-state index contributed by atoms with van der Waals surface area (Å²) in [6.07, 6.45) is 0. The van der Waals surface area contributed by atoms with E-state index in [0.717, 1.165) is 50.0 Å². The van der Waals surface area contributed by atoms with Gasteiger partial charge < -0.3 is 14.2 Å². The number of nitrogens with zero attached hydrogens (tertiary/aromatic N) is 3. The molecule has 142 valence electrons. The van der Waals surface area contributed by atoms with Crippen molar-refractivity contribution in [3.8, 4) is 0 Å². The standard InChI is InChI=1S/C21H18ClN3O2S/c1-13-6-7-15(22)19-18(13)23-21(28-19)25-10-8-24(9-11-25)20(26)17-12-14-4-2-3-5-16(14)27-17/h2-7,12H,8-11H2,1H3. The van der Waals surface area contributed by atoms with Crippen LogP contribution in [0, 0.1) is 6.92 Å². The van der Waals surface area contributed by atoms with E-state index in [4.69, 9.17) is 21.0 Å². The summed E-state index contributed by atoms with van der Waals surface area (Å²) in [5, 5.41) is 2.65. The van der Waals surface area contributed by atoms with E-state index in [2.05, 4.69) is 4.90 Å². The second-order valence-corrected chi connectivity index (χ2v) is 8.35. The maximum absolute atomic E-state index is 12.8. The van der Waals surface area contributed by atoms with Gasteiger partial charge in [-0.1, -0.05) is 47.2 Å². The molecule has 0 bridgehead atoms. The fourth-order valence-electron chi connectivity index (χ4n) is 3.57. The second-order valence-electron chi connectivity index (χ2n) is 6.97. The fourth-order valence-corrected chi connectivity index (χ4v) is 4.94. The molecule has 1 fully saturated rings. The molecular formula is C21H18ClN3O2S. The molecule has 3 heterocycles. The smallest absolute Gasteiger partial charge is 0.289 e. The van der Waals surface area contributed by atoms with E-state index in [1.165, 1.54) is 0 Å². The first-order valence-electron chi connectivity index (χ1n) is 9.18. The highest BCUT2D eigenvalue weighted by molar-refractivity contribution is 7.22. The van der Waals surface area contributed by atoms with Crippen molar-refractivity contribution in [1.82, 2.24) is 9.88 Å². The third kappa shape index (κ3) is 2.93. The Labute approximate surface area is 171 Å². The minimum absolute atomic E-state index is 0.0564. The van der Waals surface area contributed by atoms with Crippen LogP contribution in [0.3, 0.4) is 0 Å². The van der Waals surface area contributed by atoms with Crippen molar-refractivity contribution >= 4 is 55.2 Å². The van der Waals surface area contributed by atoms with Gasteiger partial charge in [0.25, 0.3) is 5.91 Å². The summed E-state index contributed by atoms with van der Waals surface area (Å²) in [4.78, 5) is 21.7. The van der Waals surface area contributed by atoms with E-state index in [0.29, 0.717) is 18.8 Å². The van der Waals surface area contributed by atoms with Crippen molar-refractivity contribution in [2.45, 2.75) is 6.92 Å². The van der Waals surface area contributed by atoms with Crippen molar-refractivity contribution in [1.29, 1.82) is 0 Å². The van der Waals surface area contributed by atoms with Crippen molar-refractivity contribution in [2.75, 3.05) is 31.1 Å². The molecule has 1 saturated heterocycles. The average Bonchev–Trinajstić information content (AvgIpc) is 3.36. The summed E-state index contributed by atoms with van der Waals surface area (Å²) >= 11 is 7.95. The Balaban J connectivity index is 1.33. The van der Waals surface area contributed by atoms with Gasteiger partial charge in [-0.15, -0.1) is 0 Å². The number of benzene rings is 2. The quantitative estimate of drug-likeness (QED) is 0.467. The summed E-state index contributed by atoms with van der Waals surface area (Å²) in [5.41, 5.74) is 2.83. The maximum Gasteiger partial charge on any atom is 0.289 e. The molecule has 1 amide bonds. The lowest BCUT2D eigenvalue weighted by Crippen LogP contribution is -2.48. The highest BCUT2D eigenvalue weighted by Gasteiger charge is 2.26. The van der Waals surface area contributed by atoms with Gasteiger partial charge in [-0.05, 0) is 30.7 Å². The van der Waals surface area contributed by atoms with Gasteiger partial charge in [-0.3, -0.25) is 4.79 Å². The number of aromatic nitrogens is 1. The van der Waals surface area contributed by atoms with Crippen LogP contribution in [0.1, 0.15) is 16.1 Å². The SMILES string of the molecule is Cc1ccc(Cl)c2sc(N3CCN(C(=O)c4cc5ccccc5o4)CC3)nc12. The van der Waals surface area contributed by atoms with Crippen LogP contribution in [0.4, 0.5) is 5.13 Å². The lowest BCUT2D eigenvalue weighted by atomic mass is 10.2. The molecule has 0 radical (unpaired) electrons. The van der Waals surface area contributed by atoms with Crippen molar-refractivity contribution in [3.05, 3.63) is 58.8 Å². The number of hydrogen-bond donors (Lipinski definition) is 0. The summed E-state index contributed by atoms with van der Waals surface area (Å²) in [7, 11) is 0. The lowest BCUT2D eigenvalue weighted by Gasteiger charge is -2.34. The first-order chi connectivity index (χ1) is 13.6. The maximum atomic E-state index is 12.8. The Kier molecular flexibility index (Phi) is 4.25. The number of fused-ring (bicyclic) bond motifs is 2. The number of hydrogen-bond acceptors (Lipinski definition) is 5. The van der Waals surface area contributed by atoms with Gasteiger partial charge in [0, 0.05) is 31.6 Å². The van der Waals surface area contributed by atoms with Gasteiger partial charge in [-0.25, -0.2) is 4.98 Å². The van der Waals surface area contributed by atoms with Gasteiger partial charge in [0.05, 0.1) is 15.2 Å². The Hall–Kier alpha value is -2.57. The molecule has 2 aromatic heterocycles. The van der Waals surface area contributed by atoms with E-state index in [-0.39, 0.29) is 5.91 Å². The van der Waals surface area contributed by atoms with Crippen LogP contribution in [0.15, 0.2) is 46.9 Å². The predicted octanol–water partition coefficient (Wildman–Crippen LogP) is 4.97. The van der Waals surface area contributed by atoms with Crippen molar-refractivity contribution in [3.63, 3.8) is 0 Å². The Morgan fingerprint density at radius 3 is 2.68 bits per heavy atom. The minimum atomic E-state index is -0.0564. The van der Waals surface area contributed by atoms with Crippen LogP contribution in [0.5, 0.6) is 0 Å². The van der Waals surface area contributed by atoms with Gasteiger partial charge in [-0.2, -0.15) is 0 Å². The second kappa shape index (κ2) is 6.79. The molecule has 2 aromatic carbocycles. The molecule has 5 nitrogen and oxygen atoms in total. The number of carbonyl (C=O) groups excluding carboxylic acids is 1. The monoisotopic (exact) mass is 411 g/mol. The van der Waals surface area contributed by atoms with Crippen LogP contribution in [0.25, 0.3) is 21.2 Å². The van der Waals surface area contributed by atoms with E-state index < -0.39 is 0 Å². The van der Waals surface area contributed by atoms with Gasteiger partial charge >= 0.3 is 0 Å². The number of halogens is 1. The van der Waals surface area contributed by atoms with Gasteiger partial charge in [0.2, 0.25) is 0 Å². The molecule has 28 heavy (non-hydrogen) atoms. The Bertz CT molecular complexity index is 1120. The molecule has 0 saturated carbocycles. The number of thiazole rings is 1. The van der Waals surface area contributed by atoms with Crippen LogP contribution in [-0.4, -0.2) is 42.0 Å². The highest BCUT2D eigenvalue weighted by Crippen LogP contribution is 2.36. The zero-order valence-electron chi connectivity index (χ0n) is 15.3. The molecule has 1 aliphatic heterocycles. The van der Waals surface area contributed by atoms with Crippen molar-refractivity contribution in [2.24, 2.45) is 0 Å². The molecule has 5 rings (SSSR count). The molecule has 1 aliphatic rings. The van der Waals surface area contributed by atoms with Crippen LogP contribution in [0.2, 0.25) is 5.02 Å². The number of para-hydroxylation sites is 1.